The van der Waals surface area contributed by atoms with Crippen molar-refractivity contribution in [3.05, 3.63) is 144 Å². The topological polar surface area (TPSA) is 240 Å². The molecular formula is C44H47BCl2NaO14. The molecule has 0 bridgehead atoms. The van der Waals surface area contributed by atoms with Crippen LogP contribution in [0.2, 0.25) is 10.0 Å². The predicted octanol–water partition coefficient (Wildman–Crippen LogP) is -0.451. The van der Waals surface area contributed by atoms with Crippen LogP contribution in [-0.4, -0.2) is 123 Å². The van der Waals surface area contributed by atoms with Gasteiger partial charge in [-0.1, -0.05) is 59.6 Å². The molecular weight excluding hydrogens is 857 g/mol. The van der Waals surface area contributed by atoms with E-state index in [1.54, 1.807) is 48.5 Å². The average molecular weight is 905 g/mol. The van der Waals surface area contributed by atoms with Crippen LogP contribution in [0.25, 0.3) is 11.0 Å². The summed E-state index contributed by atoms with van der Waals surface area (Å²) in [5.41, 5.74) is 5.51. The second kappa shape index (κ2) is 21.9. The number of hydrogen-bond acceptors (Lipinski definition) is 14. The Hall–Kier alpha value is -2.91. The molecule has 2 saturated heterocycles. The standard InChI is InChI=1S/C22H25ClO7.C22H21ClO7.B.Na.H/c2*23-15-3-2-12(22-21(28)20(27)19(26)18(10-24)30-22)9-13(15)7-11-1-4-17-14(8-11)16(25)5-6-29-17;;;/h1-4,8-9,16,18-22,24-28H,5-7,10H2;1-6,8-9,18-22,24,26-28H,7,10H2;;;/q;;;+1;-1/t16?,18-,19-,20+,21-,22+;18-,19-,20+,21-,22+;;;/m11.../s1. The Bertz CT molecular complexity index is 2360. The van der Waals surface area contributed by atoms with Gasteiger partial charge in [-0.15, -0.1) is 0 Å². The van der Waals surface area contributed by atoms with Crippen molar-refractivity contribution in [2.24, 2.45) is 0 Å². The van der Waals surface area contributed by atoms with E-state index >= 15 is 0 Å². The van der Waals surface area contributed by atoms with Gasteiger partial charge in [0, 0.05) is 36.5 Å². The van der Waals surface area contributed by atoms with Gasteiger partial charge in [0.25, 0.3) is 0 Å². The normalized spacial score (nSPS) is 28.0. The average Bonchev–Trinajstić information content (AvgIpc) is 3.25. The zero-order chi connectivity index (χ0) is 42.8. The van der Waals surface area contributed by atoms with Crippen LogP contribution in [0.4, 0.5) is 0 Å². The molecule has 14 nitrogen and oxygen atoms in total. The molecule has 11 atom stereocenters. The fourth-order valence-corrected chi connectivity index (χ4v) is 8.15. The van der Waals surface area contributed by atoms with Gasteiger partial charge in [-0.3, -0.25) is 4.79 Å². The summed E-state index contributed by atoms with van der Waals surface area (Å²) in [7, 11) is 0. The maximum absolute atomic E-state index is 12.1. The Morgan fingerprint density at radius 1 is 0.629 bits per heavy atom. The number of rotatable bonds is 8. The number of halogens is 2. The van der Waals surface area contributed by atoms with Crippen LogP contribution in [0.15, 0.2) is 94.3 Å². The van der Waals surface area contributed by atoms with Crippen LogP contribution in [-0.2, 0) is 22.3 Å². The molecule has 0 spiro atoms. The molecule has 1 unspecified atom stereocenters. The number of fused-ring (bicyclic) bond motifs is 2. The summed E-state index contributed by atoms with van der Waals surface area (Å²) in [6.45, 7) is -0.497. The third kappa shape index (κ3) is 10.8. The van der Waals surface area contributed by atoms with E-state index in [4.69, 9.17) is 41.8 Å². The molecule has 1 aromatic heterocycles. The molecule has 3 radical (unpaired) electrons. The van der Waals surface area contributed by atoms with Crippen LogP contribution in [0, 0.1) is 0 Å². The summed E-state index contributed by atoms with van der Waals surface area (Å²) in [6, 6.07) is 22.5. The molecule has 0 saturated carbocycles. The van der Waals surface area contributed by atoms with Crippen molar-refractivity contribution in [2.75, 3.05) is 19.8 Å². The van der Waals surface area contributed by atoms with E-state index in [1.807, 2.05) is 24.3 Å². The molecule has 5 aromatic rings. The molecule has 2 fully saturated rings. The van der Waals surface area contributed by atoms with E-state index in [2.05, 4.69) is 0 Å². The SMILES string of the molecule is O=c1ccoc2ccc(Cc3cc([C@@H]4O[C@H](CO)[C@@H](O)[C@H](O)[C@H]4O)ccc3Cl)cc12.OC[C@H]1O[C@@H](c2ccc(Cl)c(Cc3ccc4c(c3)C(O)CCO4)c2)[C@H](O)[C@@H](O)[C@@H]1O.[B].[H-].[Na+]. The molecule has 3 aliphatic heterocycles. The Labute approximate surface area is 392 Å². The van der Waals surface area contributed by atoms with E-state index in [1.165, 1.54) is 12.3 Å². The van der Waals surface area contributed by atoms with Crippen LogP contribution >= 0.6 is 23.2 Å². The Balaban J connectivity index is 0.000000264. The first-order valence-electron chi connectivity index (χ1n) is 19.4. The molecule has 0 aliphatic carbocycles. The number of aliphatic hydroxyl groups is 9. The van der Waals surface area contributed by atoms with Gasteiger partial charge < -0.3 is 66.0 Å². The third-order valence-electron chi connectivity index (χ3n) is 11.2. The van der Waals surface area contributed by atoms with E-state index in [0.717, 1.165) is 27.8 Å². The molecule has 4 aromatic carbocycles. The number of benzene rings is 4. The van der Waals surface area contributed by atoms with Gasteiger partial charge >= 0.3 is 29.6 Å². The van der Waals surface area contributed by atoms with E-state index in [9.17, 15) is 50.8 Å². The van der Waals surface area contributed by atoms with E-state index < -0.39 is 80.4 Å². The number of ether oxygens (including phenoxy) is 3. The zero-order valence-electron chi connectivity index (χ0n) is 34.6. The molecule has 18 heteroatoms. The third-order valence-corrected chi connectivity index (χ3v) is 11.9. The van der Waals surface area contributed by atoms with Crippen molar-refractivity contribution in [1.29, 1.82) is 0 Å². The molecule has 3 aliphatic rings. The van der Waals surface area contributed by atoms with E-state index in [-0.39, 0.29) is 44.8 Å². The van der Waals surface area contributed by atoms with E-state index in [0.29, 0.717) is 63.8 Å². The first kappa shape index (κ1) is 50.1. The molecule has 4 heterocycles. The molecule has 0 amide bonds. The second-order valence-electron chi connectivity index (χ2n) is 15.2. The largest absolute Gasteiger partial charge is 1.00 e. The molecule has 62 heavy (non-hydrogen) atoms. The zero-order valence-corrected chi connectivity index (χ0v) is 37.1. The van der Waals surface area contributed by atoms with Gasteiger partial charge in [-0.05, 0) is 82.6 Å². The number of aliphatic hydroxyl groups excluding tert-OH is 9. The minimum atomic E-state index is -1.46. The van der Waals surface area contributed by atoms with Gasteiger partial charge in [0.05, 0.1) is 37.6 Å². The van der Waals surface area contributed by atoms with Crippen molar-refractivity contribution >= 4 is 42.6 Å². The van der Waals surface area contributed by atoms with Crippen LogP contribution in [0.5, 0.6) is 5.75 Å². The maximum atomic E-state index is 12.1. The van der Waals surface area contributed by atoms with Gasteiger partial charge in [0.2, 0.25) is 0 Å². The van der Waals surface area contributed by atoms with Gasteiger partial charge in [0.1, 0.15) is 72.4 Å². The predicted molar refractivity (Wildman–Crippen MR) is 225 cm³/mol. The molecule has 9 N–H and O–H groups in total. The smallest absolute Gasteiger partial charge is 1.00 e. The minimum Gasteiger partial charge on any atom is -1.00 e. The van der Waals surface area contributed by atoms with Crippen molar-refractivity contribution in [3.63, 3.8) is 0 Å². The van der Waals surface area contributed by atoms with Crippen molar-refractivity contribution in [3.8, 4) is 5.75 Å². The van der Waals surface area contributed by atoms with Crippen LogP contribution < -0.4 is 39.7 Å². The Morgan fingerprint density at radius 2 is 1.15 bits per heavy atom. The Kier molecular flexibility index (Phi) is 17.7. The van der Waals surface area contributed by atoms with Crippen molar-refractivity contribution in [2.45, 2.75) is 86.4 Å². The van der Waals surface area contributed by atoms with Crippen molar-refractivity contribution in [1.82, 2.24) is 0 Å². The van der Waals surface area contributed by atoms with Gasteiger partial charge in [-0.25, -0.2) is 0 Å². The fourth-order valence-electron chi connectivity index (χ4n) is 7.79. The Morgan fingerprint density at radius 3 is 1.68 bits per heavy atom. The van der Waals surface area contributed by atoms with Gasteiger partial charge in [0.15, 0.2) is 5.43 Å². The van der Waals surface area contributed by atoms with Crippen LogP contribution in [0.1, 0.15) is 65.1 Å². The summed E-state index contributed by atoms with van der Waals surface area (Å²) in [5, 5.41) is 91.4. The fraction of sp³-hybridized carbons (Fsp3) is 0.386. The summed E-state index contributed by atoms with van der Waals surface area (Å²) < 4.78 is 22.2. The summed E-state index contributed by atoms with van der Waals surface area (Å²) >= 11 is 12.8. The second-order valence-corrected chi connectivity index (χ2v) is 16.0. The monoisotopic (exact) mass is 903 g/mol. The summed E-state index contributed by atoms with van der Waals surface area (Å²) in [5.74, 6) is 0.679. The summed E-state index contributed by atoms with van der Waals surface area (Å²) in [6.07, 6.45) is -10.1. The van der Waals surface area contributed by atoms with Crippen LogP contribution in [0.3, 0.4) is 0 Å². The number of hydrogen-bond donors (Lipinski definition) is 9. The summed E-state index contributed by atoms with van der Waals surface area (Å²) in [4.78, 5) is 12.1. The maximum Gasteiger partial charge on any atom is 1.00 e. The first-order chi connectivity index (χ1) is 28.8. The minimum absolute atomic E-state index is 0. The van der Waals surface area contributed by atoms with Crippen molar-refractivity contribution < 1.29 is 95.6 Å². The quantitative estimate of drug-likeness (QED) is 0.0898. The molecule has 8 rings (SSSR count). The first-order valence-corrected chi connectivity index (χ1v) is 20.1. The molecule has 325 valence electrons. The van der Waals surface area contributed by atoms with Gasteiger partial charge in [-0.2, -0.15) is 0 Å².